The molecule has 1 aliphatic heterocycles. The standard InChI is InChI=1S/C18H22N4O3/c1-20-11-16(10-19-20)22-7-6-21(12-18(22)24)17(23)9-14-4-3-5-15(8-14)13-25-2/h3-5,8,10-11H,6-7,9,12-13H2,1-2H3. The fraction of sp³-hybridized carbons (Fsp3) is 0.389. The monoisotopic (exact) mass is 342 g/mol. The van der Waals surface area contributed by atoms with Gasteiger partial charge in [-0.2, -0.15) is 5.10 Å². The van der Waals surface area contributed by atoms with E-state index >= 15 is 0 Å². The Labute approximate surface area is 146 Å². The number of anilines is 1. The third-order valence-corrected chi connectivity index (χ3v) is 4.23. The van der Waals surface area contributed by atoms with Gasteiger partial charge >= 0.3 is 0 Å². The Hall–Kier alpha value is -2.67. The molecule has 0 N–H and O–H groups in total. The molecule has 0 spiro atoms. The van der Waals surface area contributed by atoms with Crippen LogP contribution in [-0.2, 0) is 34.4 Å². The van der Waals surface area contributed by atoms with E-state index < -0.39 is 0 Å². The number of carbonyl (C=O) groups is 2. The van der Waals surface area contributed by atoms with Gasteiger partial charge < -0.3 is 14.5 Å². The van der Waals surface area contributed by atoms with Gasteiger partial charge in [0.1, 0.15) is 6.54 Å². The van der Waals surface area contributed by atoms with Crippen LogP contribution >= 0.6 is 0 Å². The molecule has 0 radical (unpaired) electrons. The quantitative estimate of drug-likeness (QED) is 0.812. The largest absolute Gasteiger partial charge is 0.380 e. The van der Waals surface area contributed by atoms with Crippen molar-refractivity contribution < 1.29 is 14.3 Å². The lowest BCUT2D eigenvalue weighted by Crippen LogP contribution is -2.52. The maximum Gasteiger partial charge on any atom is 0.246 e. The van der Waals surface area contributed by atoms with Crippen LogP contribution in [0.3, 0.4) is 0 Å². The van der Waals surface area contributed by atoms with E-state index in [1.165, 1.54) is 0 Å². The molecular weight excluding hydrogens is 320 g/mol. The van der Waals surface area contributed by atoms with E-state index in [-0.39, 0.29) is 24.8 Å². The number of benzene rings is 1. The Kier molecular flexibility index (Phi) is 5.14. The van der Waals surface area contributed by atoms with Crippen LogP contribution in [0, 0.1) is 0 Å². The first-order valence-electron chi connectivity index (χ1n) is 8.20. The van der Waals surface area contributed by atoms with Crippen LogP contribution < -0.4 is 4.90 Å². The number of hydrogen-bond acceptors (Lipinski definition) is 4. The number of hydrogen-bond donors (Lipinski definition) is 0. The normalized spacial score (nSPS) is 14.9. The Morgan fingerprint density at radius 3 is 2.76 bits per heavy atom. The Bertz CT molecular complexity index is 771. The van der Waals surface area contributed by atoms with E-state index in [0.717, 1.165) is 16.8 Å². The highest BCUT2D eigenvalue weighted by Crippen LogP contribution is 2.17. The van der Waals surface area contributed by atoms with Gasteiger partial charge in [-0.3, -0.25) is 14.3 Å². The summed E-state index contributed by atoms with van der Waals surface area (Å²) in [6, 6.07) is 7.77. The average molecular weight is 342 g/mol. The van der Waals surface area contributed by atoms with Crippen molar-refractivity contribution in [3.8, 4) is 0 Å². The average Bonchev–Trinajstić information content (AvgIpc) is 3.01. The summed E-state index contributed by atoms with van der Waals surface area (Å²) in [5, 5.41) is 4.09. The lowest BCUT2D eigenvalue weighted by molar-refractivity contribution is -0.136. The summed E-state index contributed by atoms with van der Waals surface area (Å²) in [6.07, 6.45) is 3.76. The predicted octanol–water partition coefficient (Wildman–Crippen LogP) is 0.984. The van der Waals surface area contributed by atoms with Gasteiger partial charge in [0.25, 0.3) is 0 Å². The topological polar surface area (TPSA) is 67.7 Å². The fourth-order valence-corrected chi connectivity index (χ4v) is 2.99. The summed E-state index contributed by atoms with van der Waals surface area (Å²) in [7, 11) is 3.45. The zero-order chi connectivity index (χ0) is 17.8. The second kappa shape index (κ2) is 7.48. The van der Waals surface area contributed by atoms with Crippen LogP contribution in [-0.4, -0.2) is 53.2 Å². The van der Waals surface area contributed by atoms with Crippen molar-refractivity contribution >= 4 is 17.5 Å². The highest BCUT2D eigenvalue weighted by molar-refractivity contribution is 5.97. The molecule has 2 heterocycles. The van der Waals surface area contributed by atoms with Gasteiger partial charge in [-0.05, 0) is 11.1 Å². The van der Waals surface area contributed by atoms with Crippen LogP contribution in [0.15, 0.2) is 36.7 Å². The number of ether oxygens (including phenoxy) is 1. The van der Waals surface area contributed by atoms with Gasteiger partial charge in [0.2, 0.25) is 11.8 Å². The van der Waals surface area contributed by atoms with Gasteiger partial charge in [-0.1, -0.05) is 24.3 Å². The van der Waals surface area contributed by atoms with Gasteiger partial charge in [0.15, 0.2) is 0 Å². The highest BCUT2D eigenvalue weighted by Gasteiger charge is 2.28. The molecule has 25 heavy (non-hydrogen) atoms. The zero-order valence-electron chi connectivity index (χ0n) is 14.5. The van der Waals surface area contributed by atoms with Gasteiger partial charge in [-0.25, -0.2) is 0 Å². The molecule has 3 rings (SSSR count). The zero-order valence-corrected chi connectivity index (χ0v) is 14.5. The van der Waals surface area contributed by atoms with Gasteiger partial charge in [0, 0.05) is 33.4 Å². The van der Waals surface area contributed by atoms with E-state index in [4.69, 9.17) is 4.74 Å². The molecule has 1 aromatic carbocycles. The predicted molar refractivity (Wildman–Crippen MR) is 93.0 cm³/mol. The first-order valence-corrected chi connectivity index (χ1v) is 8.20. The maximum atomic E-state index is 12.5. The first-order chi connectivity index (χ1) is 12.1. The molecule has 0 bridgehead atoms. The smallest absolute Gasteiger partial charge is 0.246 e. The minimum absolute atomic E-state index is 0.0336. The van der Waals surface area contributed by atoms with Crippen LogP contribution in [0.25, 0.3) is 0 Å². The molecule has 2 amide bonds. The molecule has 1 fully saturated rings. The summed E-state index contributed by atoms with van der Waals surface area (Å²) in [6.45, 7) is 1.63. The molecule has 7 heteroatoms. The fourth-order valence-electron chi connectivity index (χ4n) is 2.99. The van der Waals surface area contributed by atoms with Crippen molar-refractivity contribution in [3.63, 3.8) is 0 Å². The summed E-state index contributed by atoms with van der Waals surface area (Å²) >= 11 is 0. The van der Waals surface area contributed by atoms with Crippen molar-refractivity contribution in [1.29, 1.82) is 0 Å². The number of piperazine rings is 1. The van der Waals surface area contributed by atoms with Crippen LogP contribution in [0.2, 0.25) is 0 Å². The van der Waals surface area contributed by atoms with E-state index in [1.54, 1.807) is 34.0 Å². The van der Waals surface area contributed by atoms with Gasteiger partial charge in [0.05, 0.1) is 24.9 Å². The van der Waals surface area contributed by atoms with Crippen molar-refractivity contribution in [2.45, 2.75) is 13.0 Å². The Morgan fingerprint density at radius 2 is 2.08 bits per heavy atom. The van der Waals surface area contributed by atoms with E-state index in [1.807, 2.05) is 31.3 Å². The van der Waals surface area contributed by atoms with Crippen LogP contribution in [0.4, 0.5) is 5.69 Å². The number of carbonyl (C=O) groups excluding carboxylic acids is 2. The van der Waals surface area contributed by atoms with Crippen LogP contribution in [0.5, 0.6) is 0 Å². The number of nitrogens with zero attached hydrogens (tertiary/aromatic N) is 4. The first kappa shape index (κ1) is 17.2. The molecule has 7 nitrogen and oxygen atoms in total. The maximum absolute atomic E-state index is 12.5. The van der Waals surface area contributed by atoms with Crippen molar-refractivity contribution in [3.05, 3.63) is 47.8 Å². The minimum atomic E-state index is -0.0827. The molecule has 0 unspecified atom stereocenters. The molecule has 0 saturated carbocycles. The summed E-state index contributed by atoms with van der Waals surface area (Å²) in [5.74, 6) is -0.116. The minimum Gasteiger partial charge on any atom is -0.380 e. The molecule has 0 atom stereocenters. The molecule has 1 aliphatic rings. The number of amides is 2. The molecular formula is C18H22N4O3. The third kappa shape index (κ3) is 4.06. The van der Waals surface area contributed by atoms with E-state index in [2.05, 4.69) is 5.10 Å². The van der Waals surface area contributed by atoms with Gasteiger partial charge in [-0.15, -0.1) is 0 Å². The summed E-state index contributed by atoms with van der Waals surface area (Å²) < 4.78 is 6.78. The lowest BCUT2D eigenvalue weighted by Gasteiger charge is -2.33. The Morgan fingerprint density at radius 1 is 1.28 bits per heavy atom. The second-order valence-corrected chi connectivity index (χ2v) is 6.16. The number of rotatable bonds is 5. The summed E-state index contributed by atoms with van der Waals surface area (Å²) in [5.41, 5.74) is 2.74. The van der Waals surface area contributed by atoms with Crippen molar-refractivity contribution in [2.75, 3.05) is 31.6 Å². The summed E-state index contributed by atoms with van der Waals surface area (Å²) in [4.78, 5) is 28.2. The van der Waals surface area contributed by atoms with E-state index in [0.29, 0.717) is 19.7 Å². The highest BCUT2D eigenvalue weighted by atomic mass is 16.5. The molecule has 132 valence electrons. The van der Waals surface area contributed by atoms with Crippen LogP contribution in [0.1, 0.15) is 11.1 Å². The van der Waals surface area contributed by atoms with Crippen molar-refractivity contribution in [1.82, 2.24) is 14.7 Å². The second-order valence-electron chi connectivity index (χ2n) is 6.16. The molecule has 2 aromatic rings. The third-order valence-electron chi connectivity index (χ3n) is 4.23. The number of aromatic nitrogens is 2. The Balaban J connectivity index is 1.61. The molecule has 1 aromatic heterocycles. The van der Waals surface area contributed by atoms with E-state index in [9.17, 15) is 9.59 Å². The number of methoxy groups -OCH3 is 1. The van der Waals surface area contributed by atoms with Crippen molar-refractivity contribution in [2.24, 2.45) is 7.05 Å². The molecule has 0 aliphatic carbocycles. The molecule has 1 saturated heterocycles. The lowest BCUT2D eigenvalue weighted by atomic mass is 10.1. The number of aryl methyl sites for hydroxylation is 1. The SMILES string of the molecule is COCc1cccc(CC(=O)N2CCN(c3cnn(C)c3)C(=O)C2)c1.